The Hall–Kier alpha value is -1.35. The third kappa shape index (κ3) is 4.64. The number of rotatable bonds is 7. The maximum atomic E-state index is 6.05. The Morgan fingerprint density at radius 1 is 1.05 bits per heavy atom. The molecule has 2 aromatic carbocycles. The van der Waals surface area contributed by atoms with Crippen LogP contribution in [0.25, 0.3) is 0 Å². The van der Waals surface area contributed by atoms with Gasteiger partial charge in [-0.2, -0.15) is 0 Å². The van der Waals surface area contributed by atoms with Crippen LogP contribution in [0, 0.1) is 0 Å². The summed E-state index contributed by atoms with van der Waals surface area (Å²) in [4.78, 5) is 0. The highest BCUT2D eigenvalue weighted by Gasteiger charge is 2.11. The molecule has 0 bridgehead atoms. The minimum absolute atomic E-state index is 0.0347. The van der Waals surface area contributed by atoms with Gasteiger partial charge in [0.25, 0.3) is 0 Å². The van der Waals surface area contributed by atoms with E-state index in [2.05, 4.69) is 24.4 Å². The van der Waals surface area contributed by atoms with Crippen molar-refractivity contribution in [2.75, 3.05) is 13.1 Å². The molecule has 0 aliphatic carbocycles. The van der Waals surface area contributed by atoms with Crippen LogP contribution in [0.4, 0.5) is 0 Å². The summed E-state index contributed by atoms with van der Waals surface area (Å²) in [6.45, 7) is 4.43. The van der Waals surface area contributed by atoms with E-state index in [1.807, 2.05) is 42.5 Å². The van der Waals surface area contributed by atoms with Gasteiger partial charge < -0.3 is 10.1 Å². The molecule has 3 heteroatoms. The Bertz CT molecular complexity index is 498. The van der Waals surface area contributed by atoms with Gasteiger partial charge in [-0.3, -0.25) is 0 Å². The summed E-state index contributed by atoms with van der Waals surface area (Å²) in [5, 5.41) is 4.09. The number of hydrogen-bond acceptors (Lipinski definition) is 2. The molecule has 0 spiro atoms. The van der Waals surface area contributed by atoms with Crippen LogP contribution < -0.4 is 5.32 Å². The van der Waals surface area contributed by atoms with E-state index in [0.29, 0.717) is 6.61 Å². The maximum absolute atomic E-state index is 6.05. The molecule has 0 heterocycles. The van der Waals surface area contributed by atoms with Crippen molar-refractivity contribution in [2.24, 2.45) is 0 Å². The molecule has 2 nitrogen and oxygen atoms in total. The Kier molecular flexibility index (Phi) is 6.06. The van der Waals surface area contributed by atoms with E-state index in [4.69, 9.17) is 16.3 Å². The Labute approximate surface area is 125 Å². The van der Waals surface area contributed by atoms with Crippen molar-refractivity contribution in [1.82, 2.24) is 5.32 Å². The van der Waals surface area contributed by atoms with Crippen LogP contribution in [0.3, 0.4) is 0 Å². The zero-order valence-corrected chi connectivity index (χ0v) is 12.4. The van der Waals surface area contributed by atoms with Crippen LogP contribution in [0.2, 0.25) is 5.02 Å². The first kappa shape index (κ1) is 15.0. The standard InChI is InChI=1S/C17H20ClNO/c1-2-19-12-17(15-8-10-16(18)11-9-15)20-13-14-6-4-3-5-7-14/h3-11,17,19H,2,12-13H2,1H3. The molecule has 0 saturated carbocycles. The third-order valence-electron chi connectivity index (χ3n) is 3.12. The first-order chi connectivity index (χ1) is 9.79. The van der Waals surface area contributed by atoms with E-state index in [0.717, 1.165) is 23.7 Å². The number of halogens is 1. The van der Waals surface area contributed by atoms with Crippen LogP contribution >= 0.6 is 11.6 Å². The van der Waals surface area contributed by atoms with E-state index in [1.165, 1.54) is 5.56 Å². The van der Waals surface area contributed by atoms with Crippen molar-refractivity contribution in [3.05, 3.63) is 70.7 Å². The second kappa shape index (κ2) is 8.05. The molecular formula is C17H20ClNO. The van der Waals surface area contributed by atoms with E-state index in [-0.39, 0.29) is 6.10 Å². The molecule has 0 amide bonds. The molecule has 0 saturated heterocycles. The van der Waals surface area contributed by atoms with E-state index in [1.54, 1.807) is 0 Å². The van der Waals surface area contributed by atoms with Gasteiger partial charge in [0.2, 0.25) is 0 Å². The van der Waals surface area contributed by atoms with Gasteiger partial charge in [-0.25, -0.2) is 0 Å². The Morgan fingerprint density at radius 2 is 1.75 bits per heavy atom. The molecule has 0 radical (unpaired) electrons. The summed E-state index contributed by atoms with van der Waals surface area (Å²) < 4.78 is 6.05. The van der Waals surface area contributed by atoms with Gasteiger partial charge in [0.15, 0.2) is 0 Å². The van der Waals surface area contributed by atoms with Crippen molar-refractivity contribution < 1.29 is 4.74 Å². The second-order valence-corrected chi connectivity index (χ2v) is 5.08. The highest BCUT2D eigenvalue weighted by molar-refractivity contribution is 6.30. The molecular weight excluding hydrogens is 270 g/mol. The average Bonchev–Trinajstić information content (AvgIpc) is 2.50. The SMILES string of the molecule is CCNCC(OCc1ccccc1)c1ccc(Cl)cc1. The van der Waals surface area contributed by atoms with Crippen molar-refractivity contribution >= 4 is 11.6 Å². The summed E-state index contributed by atoms with van der Waals surface area (Å²) >= 11 is 5.94. The fourth-order valence-electron chi connectivity index (χ4n) is 2.00. The monoisotopic (exact) mass is 289 g/mol. The summed E-state index contributed by atoms with van der Waals surface area (Å²) in [7, 11) is 0. The molecule has 2 rings (SSSR count). The molecule has 0 fully saturated rings. The van der Waals surface area contributed by atoms with Gasteiger partial charge in [-0.1, -0.05) is 61.0 Å². The maximum Gasteiger partial charge on any atom is 0.0953 e. The van der Waals surface area contributed by atoms with Crippen LogP contribution in [0.5, 0.6) is 0 Å². The Morgan fingerprint density at radius 3 is 2.40 bits per heavy atom. The molecule has 1 atom stereocenters. The van der Waals surface area contributed by atoms with Crippen LogP contribution in [-0.4, -0.2) is 13.1 Å². The summed E-state index contributed by atoms with van der Waals surface area (Å²) in [5.41, 5.74) is 2.33. The summed E-state index contributed by atoms with van der Waals surface area (Å²) in [5.74, 6) is 0. The number of likely N-dealkylation sites (N-methyl/N-ethyl adjacent to an activating group) is 1. The minimum atomic E-state index is 0.0347. The lowest BCUT2D eigenvalue weighted by Crippen LogP contribution is -2.23. The number of nitrogens with one attached hydrogen (secondary N) is 1. The normalized spacial score (nSPS) is 12.3. The van der Waals surface area contributed by atoms with Gasteiger partial charge in [0, 0.05) is 11.6 Å². The predicted octanol–water partition coefficient (Wildman–Crippen LogP) is 4.21. The lowest BCUT2D eigenvalue weighted by atomic mass is 10.1. The molecule has 1 N–H and O–H groups in total. The highest BCUT2D eigenvalue weighted by atomic mass is 35.5. The molecule has 0 aliphatic heterocycles. The van der Waals surface area contributed by atoms with Gasteiger partial charge >= 0.3 is 0 Å². The fourth-order valence-corrected chi connectivity index (χ4v) is 2.12. The average molecular weight is 290 g/mol. The van der Waals surface area contributed by atoms with Gasteiger partial charge in [0.05, 0.1) is 12.7 Å². The summed E-state index contributed by atoms with van der Waals surface area (Å²) in [6, 6.07) is 18.1. The first-order valence-electron chi connectivity index (χ1n) is 6.91. The number of hydrogen-bond donors (Lipinski definition) is 1. The van der Waals surface area contributed by atoms with Crippen LogP contribution in [-0.2, 0) is 11.3 Å². The van der Waals surface area contributed by atoms with Crippen molar-refractivity contribution in [3.8, 4) is 0 Å². The van der Waals surface area contributed by atoms with Crippen LogP contribution in [0.15, 0.2) is 54.6 Å². The lowest BCUT2D eigenvalue weighted by Gasteiger charge is -2.19. The first-order valence-corrected chi connectivity index (χ1v) is 7.29. The van der Waals surface area contributed by atoms with E-state index < -0.39 is 0 Å². The number of benzene rings is 2. The van der Waals surface area contributed by atoms with E-state index >= 15 is 0 Å². The molecule has 1 unspecified atom stereocenters. The molecule has 106 valence electrons. The lowest BCUT2D eigenvalue weighted by molar-refractivity contribution is 0.0401. The van der Waals surface area contributed by atoms with E-state index in [9.17, 15) is 0 Å². The quantitative estimate of drug-likeness (QED) is 0.824. The second-order valence-electron chi connectivity index (χ2n) is 4.64. The van der Waals surface area contributed by atoms with Crippen molar-refractivity contribution in [2.45, 2.75) is 19.6 Å². The van der Waals surface area contributed by atoms with Crippen LogP contribution in [0.1, 0.15) is 24.2 Å². The van der Waals surface area contributed by atoms with Gasteiger partial charge in [-0.05, 0) is 29.8 Å². The predicted molar refractivity (Wildman–Crippen MR) is 84.0 cm³/mol. The molecule has 20 heavy (non-hydrogen) atoms. The van der Waals surface area contributed by atoms with Crippen molar-refractivity contribution in [3.63, 3.8) is 0 Å². The molecule has 2 aromatic rings. The Balaban J connectivity index is 2.01. The third-order valence-corrected chi connectivity index (χ3v) is 3.37. The smallest absolute Gasteiger partial charge is 0.0953 e. The molecule has 0 aromatic heterocycles. The zero-order chi connectivity index (χ0) is 14.2. The topological polar surface area (TPSA) is 21.3 Å². The highest BCUT2D eigenvalue weighted by Crippen LogP contribution is 2.20. The van der Waals surface area contributed by atoms with Gasteiger partial charge in [-0.15, -0.1) is 0 Å². The van der Waals surface area contributed by atoms with Crippen molar-refractivity contribution in [1.29, 1.82) is 0 Å². The molecule has 0 aliphatic rings. The summed E-state index contributed by atoms with van der Waals surface area (Å²) in [6.07, 6.45) is 0.0347. The largest absolute Gasteiger partial charge is 0.368 e. The minimum Gasteiger partial charge on any atom is -0.368 e. The van der Waals surface area contributed by atoms with Gasteiger partial charge in [0.1, 0.15) is 0 Å². The number of ether oxygens (including phenoxy) is 1. The fraction of sp³-hybridized carbons (Fsp3) is 0.294. The zero-order valence-electron chi connectivity index (χ0n) is 11.7.